The number of methoxy groups -OCH3 is 1. The summed E-state index contributed by atoms with van der Waals surface area (Å²) in [5.74, 6) is -0.708. The Balaban J connectivity index is 2.37. The number of anilines is 2. The second kappa shape index (κ2) is 6.11. The molecule has 0 bridgehead atoms. The standard InChI is InChI=1S/C14H15FN2O3S/c1-20-9-10-4-2-3-5-14(10)17-21(18,19)13-7-11(15)6-12(16)8-13/h2-8,17H,9,16H2,1H3. The number of nitrogen functional groups attached to an aromatic ring is 1. The fourth-order valence-electron chi connectivity index (χ4n) is 1.84. The molecule has 0 spiro atoms. The Morgan fingerprint density at radius 1 is 1.24 bits per heavy atom. The van der Waals surface area contributed by atoms with E-state index in [1.807, 2.05) is 0 Å². The highest BCUT2D eigenvalue weighted by atomic mass is 32.2. The molecular formula is C14H15FN2O3S. The first-order valence-corrected chi connectivity index (χ1v) is 7.56. The molecule has 3 N–H and O–H groups in total. The number of benzene rings is 2. The highest BCUT2D eigenvalue weighted by Crippen LogP contribution is 2.22. The van der Waals surface area contributed by atoms with Gasteiger partial charge in [-0.05, 0) is 24.3 Å². The lowest BCUT2D eigenvalue weighted by molar-refractivity contribution is 0.185. The summed E-state index contributed by atoms with van der Waals surface area (Å²) in [5.41, 5.74) is 6.57. The van der Waals surface area contributed by atoms with Crippen LogP contribution in [0.25, 0.3) is 0 Å². The van der Waals surface area contributed by atoms with Crippen LogP contribution in [0.4, 0.5) is 15.8 Å². The van der Waals surface area contributed by atoms with Crippen LogP contribution >= 0.6 is 0 Å². The first-order valence-electron chi connectivity index (χ1n) is 6.08. The molecule has 0 saturated heterocycles. The van der Waals surface area contributed by atoms with Crippen LogP contribution in [0.2, 0.25) is 0 Å². The van der Waals surface area contributed by atoms with E-state index < -0.39 is 15.8 Å². The van der Waals surface area contributed by atoms with Gasteiger partial charge < -0.3 is 10.5 Å². The number of para-hydroxylation sites is 1. The van der Waals surface area contributed by atoms with Gasteiger partial charge in [0.05, 0.1) is 17.2 Å². The van der Waals surface area contributed by atoms with E-state index in [9.17, 15) is 12.8 Å². The van der Waals surface area contributed by atoms with Crippen LogP contribution in [0.5, 0.6) is 0 Å². The molecule has 5 nitrogen and oxygen atoms in total. The molecule has 2 aromatic rings. The summed E-state index contributed by atoms with van der Waals surface area (Å²) in [5, 5.41) is 0. The largest absolute Gasteiger partial charge is 0.399 e. The summed E-state index contributed by atoms with van der Waals surface area (Å²) in [4.78, 5) is -0.229. The molecule has 21 heavy (non-hydrogen) atoms. The number of sulfonamides is 1. The van der Waals surface area contributed by atoms with Crippen molar-refractivity contribution in [3.8, 4) is 0 Å². The maximum absolute atomic E-state index is 13.3. The summed E-state index contributed by atoms with van der Waals surface area (Å²) in [6, 6.07) is 9.97. The van der Waals surface area contributed by atoms with Crippen molar-refractivity contribution in [2.24, 2.45) is 0 Å². The molecule has 0 aliphatic heterocycles. The zero-order chi connectivity index (χ0) is 15.5. The molecule has 2 aromatic carbocycles. The van der Waals surface area contributed by atoms with Crippen LogP contribution in [0.15, 0.2) is 47.4 Å². The van der Waals surface area contributed by atoms with E-state index in [2.05, 4.69) is 4.72 Å². The molecule has 0 amide bonds. The number of ether oxygens (including phenoxy) is 1. The van der Waals surface area contributed by atoms with Crippen molar-refractivity contribution in [1.29, 1.82) is 0 Å². The van der Waals surface area contributed by atoms with Crippen molar-refractivity contribution >= 4 is 21.4 Å². The summed E-state index contributed by atoms with van der Waals surface area (Å²) in [6.45, 7) is 0.254. The lowest BCUT2D eigenvalue weighted by Gasteiger charge is -2.12. The average molecular weight is 310 g/mol. The third kappa shape index (κ3) is 3.71. The van der Waals surface area contributed by atoms with Crippen LogP contribution in [0.1, 0.15) is 5.56 Å². The van der Waals surface area contributed by atoms with Crippen LogP contribution in [0, 0.1) is 5.82 Å². The second-order valence-corrected chi connectivity index (χ2v) is 6.10. The van der Waals surface area contributed by atoms with Gasteiger partial charge in [-0.2, -0.15) is 0 Å². The molecule has 0 fully saturated rings. The molecule has 0 aromatic heterocycles. The number of nitrogens with one attached hydrogen (secondary N) is 1. The molecule has 112 valence electrons. The minimum absolute atomic E-state index is 0.0422. The van der Waals surface area contributed by atoms with Gasteiger partial charge in [0.1, 0.15) is 5.82 Å². The van der Waals surface area contributed by atoms with Gasteiger partial charge in [-0.25, -0.2) is 12.8 Å². The zero-order valence-electron chi connectivity index (χ0n) is 11.3. The van der Waals surface area contributed by atoms with Gasteiger partial charge in [-0.3, -0.25) is 4.72 Å². The Hall–Kier alpha value is -2.12. The Morgan fingerprint density at radius 2 is 1.95 bits per heavy atom. The minimum Gasteiger partial charge on any atom is -0.399 e. The topological polar surface area (TPSA) is 81.4 Å². The van der Waals surface area contributed by atoms with E-state index >= 15 is 0 Å². The number of hydrogen-bond acceptors (Lipinski definition) is 4. The molecule has 0 saturated carbocycles. The molecule has 0 unspecified atom stereocenters. The molecular weight excluding hydrogens is 295 g/mol. The fourth-order valence-corrected chi connectivity index (χ4v) is 3.01. The van der Waals surface area contributed by atoms with Gasteiger partial charge >= 0.3 is 0 Å². The lowest BCUT2D eigenvalue weighted by Crippen LogP contribution is -2.15. The first kappa shape index (κ1) is 15.3. The van der Waals surface area contributed by atoms with Crippen molar-refractivity contribution in [3.05, 3.63) is 53.8 Å². The minimum atomic E-state index is -3.92. The number of nitrogens with two attached hydrogens (primary N) is 1. The predicted molar refractivity (Wildman–Crippen MR) is 78.8 cm³/mol. The molecule has 7 heteroatoms. The Kier molecular flexibility index (Phi) is 4.44. The number of hydrogen-bond donors (Lipinski definition) is 2. The SMILES string of the molecule is COCc1ccccc1NS(=O)(=O)c1cc(N)cc(F)c1. The van der Waals surface area contributed by atoms with E-state index in [0.29, 0.717) is 11.3 Å². The van der Waals surface area contributed by atoms with Gasteiger partial charge in [0, 0.05) is 18.4 Å². The fraction of sp³-hybridized carbons (Fsp3) is 0.143. The summed E-state index contributed by atoms with van der Waals surface area (Å²) in [6.07, 6.45) is 0. The third-order valence-electron chi connectivity index (χ3n) is 2.77. The van der Waals surface area contributed by atoms with Crippen molar-refractivity contribution < 1.29 is 17.5 Å². The summed E-state index contributed by atoms with van der Waals surface area (Å²) < 4.78 is 45.3. The third-order valence-corrected chi connectivity index (χ3v) is 4.11. The highest BCUT2D eigenvalue weighted by Gasteiger charge is 2.17. The van der Waals surface area contributed by atoms with E-state index in [0.717, 1.165) is 12.1 Å². The molecule has 0 aliphatic carbocycles. The molecule has 0 aliphatic rings. The van der Waals surface area contributed by atoms with Gasteiger partial charge in [-0.1, -0.05) is 18.2 Å². The maximum atomic E-state index is 13.3. The van der Waals surface area contributed by atoms with E-state index in [1.165, 1.54) is 13.2 Å². The Labute approximate surface area is 122 Å². The smallest absolute Gasteiger partial charge is 0.262 e. The van der Waals surface area contributed by atoms with Gasteiger partial charge in [0.25, 0.3) is 10.0 Å². The molecule has 0 heterocycles. The number of halogens is 1. The van der Waals surface area contributed by atoms with Crippen LogP contribution in [-0.2, 0) is 21.4 Å². The Bertz CT molecular complexity index is 727. The van der Waals surface area contributed by atoms with Crippen LogP contribution in [0.3, 0.4) is 0 Å². The van der Waals surface area contributed by atoms with Gasteiger partial charge in [-0.15, -0.1) is 0 Å². The van der Waals surface area contributed by atoms with Crippen LogP contribution < -0.4 is 10.5 Å². The second-order valence-electron chi connectivity index (χ2n) is 4.42. The van der Waals surface area contributed by atoms with Crippen molar-refractivity contribution in [1.82, 2.24) is 0 Å². The van der Waals surface area contributed by atoms with Crippen LogP contribution in [-0.4, -0.2) is 15.5 Å². The maximum Gasteiger partial charge on any atom is 0.262 e. The molecule has 0 atom stereocenters. The van der Waals surface area contributed by atoms with Crippen molar-refractivity contribution in [3.63, 3.8) is 0 Å². The van der Waals surface area contributed by atoms with Crippen molar-refractivity contribution in [2.45, 2.75) is 11.5 Å². The van der Waals surface area contributed by atoms with Gasteiger partial charge in [0.2, 0.25) is 0 Å². The quantitative estimate of drug-likeness (QED) is 0.831. The molecule has 2 rings (SSSR count). The monoisotopic (exact) mass is 310 g/mol. The highest BCUT2D eigenvalue weighted by molar-refractivity contribution is 7.92. The van der Waals surface area contributed by atoms with Gasteiger partial charge in [0.15, 0.2) is 0 Å². The van der Waals surface area contributed by atoms with E-state index in [1.54, 1.807) is 24.3 Å². The average Bonchev–Trinajstić information content (AvgIpc) is 2.40. The van der Waals surface area contributed by atoms with Crippen molar-refractivity contribution in [2.75, 3.05) is 17.6 Å². The lowest BCUT2D eigenvalue weighted by atomic mass is 10.2. The summed E-state index contributed by atoms with van der Waals surface area (Å²) >= 11 is 0. The zero-order valence-corrected chi connectivity index (χ0v) is 12.2. The number of rotatable bonds is 5. The molecule has 0 radical (unpaired) electrons. The normalized spacial score (nSPS) is 11.3. The summed E-state index contributed by atoms with van der Waals surface area (Å²) in [7, 11) is -2.41. The van der Waals surface area contributed by atoms with E-state index in [4.69, 9.17) is 10.5 Å². The van der Waals surface area contributed by atoms with E-state index in [-0.39, 0.29) is 17.2 Å². The first-order chi connectivity index (χ1) is 9.92. The Morgan fingerprint density at radius 3 is 2.62 bits per heavy atom. The predicted octanol–water partition coefficient (Wildman–Crippen LogP) is 2.36.